The summed E-state index contributed by atoms with van der Waals surface area (Å²) in [5, 5.41) is 1.91. The highest BCUT2D eigenvalue weighted by Gasteiger charge is 2.20. The summed E-state index contributed by atoms with van der Waals surface area (Å²) in [5.74, 6) is -4.19. The molecular formula is C10H4F4S2. The van der Waals surface area contributed by atoms with Crippen LogP contribution >= 0.6 is 22.7 Å². The average Bonchev–Trinajstić information content (AvgIpc) is 2.74. The molecule has 0 aromatic carbocycles. The molecule has 0 saturated carbocycles. The van der Waals surface area contributed by atoms with Crippen LogP contribution in [0.25, 0.3) is 5.57 Å². The average molecular weight is 264 g/mol. The van der Waals surface area contributed by atoms with E-state index in [4.69, 9.17) is 0 Å². The van der Waals surface area contributed by atoms with Gasteiger partial charge in [0.1, 0.15) is 0 Å². The Morgan fingerprint density at radius 2 is 1.25 bits per heavy atom. The van der Waals surface area contributed by atoms with Gasteiger partial charge in [0.2, 0.25) is 0 Å². The quantitative estimate of drug-likeness (QED) is 0.704. The summed E-state index contributed by atoms with van der Waals surface area (Å²) >= 11 is 1.53. The molecule has 0 unspecified atom stereocenters. The molecule has 0 fully saturated rings. The molecule has 2 rings (SSSR count). The Kier molecular flexibility index (Phi) is 2.86. The van der Waals surface area contributed by atoms with E-state index in [1.54, 1.807) is 0 Å². The lowest BCUT2D eigenvalue weighted by molar-refractivity contribution is 0.511. The van der Waals surface area contributed by atoms with Crippen LogP contribution in [0.1, 0.15) is 9.75 Å². The van der Waals surface area contributed by atoms with Crippen LogP contribution < -0.4 is 0 Å². The highest BCUT2D eigenvalue weighted by atomic mass is 32.1. The molecule has 0 spiro atoms. The molecule has 0 aliphatic heterocycles. The topological polar surface area (TPSA) is 0 Å². The number of halogens is 4. The van der Waals surface area contributed by atoms with Crippen LogP contribution in [-0.2, 0) is 0 Å². The molecule has 6 heteroatoms. The van der Waals surface area contributed by atoms with Gasteiger partial charge in [-0.05, 0) is 0 Å². The van der Waals surface area contributed by atoms with Gasteiger partial charge in [0.25, 0.3) is 0 Å². The SMILES string of the molecule is C=C(c1scc(F)c1F)c1scc(F)c1F. The fraction of sp³-hybridized carbons (Fsp3) is 0. The van der Waals surface area contributed by atoms with Crippen molar-refractivity contribution in [3.05, 3.63) is 50.4 Å². The number of hydrogen-bond acceptors (Lipinski definition) is 2. The minimum Gasteiger partial charge on any atom is -0.203 e. The van der Waals surface area contributed by atoms with Gasteiger partial charge in [-0.15, -0.1) is 22.7 Å². The smallest absolute Gasteiger partial charge is 0.177 e. The second-order valence-electron chi connectivity index (χ2n) is 2.93. The molecule has 0 N–H and O–H groups in total. The number of hydrogen-bond donors (Lipinski definition) is 0. The van der Waals surface area contributed by atoms with Gasteiger partial charge in [-0.2, -0.15) is 0 Å². The van der Waals surface area contributed by atoms with E-state index in [0.29, 0.717) is 0 Å². The molecule has 2 aromatic heterocycles. The first-order valence-corrected chi connectivity index (χ1v) is 5.83. The summed E-state index contributed by atoms with van der Waals surface area (Å²) in [4.78, 5) is -0.225. The highest BCUT2D eigenvalue weighted by Crippen LogP contribution is 2.35. The molecule has 84 valence electrons. The normalized spacial score (nSPS) is 10.8. The van der Waals surface area contributed by atoms with E-state index in [2.05, 4.69) is 6.58 Å². The van der Waals surface area contributed by atoms with Crippen molar-refractivity contribution in [2.24, 2.45) is 0 Å². The van der Waals surface area contributed by atoms with Crippen molar-refractivity contribution in [3.8, 4) is 0 Å². The molecule has 0 aliphatic rings. The fourth-order valence-electron chi connectivity index (χ4n) is 1.16. The predicted octanol–water partition coefficient (Wildman–Crippen LogP) is 4.43. The zero-order chi connectivity index (χ0) is 11.9. The van der Waals surface area contributed by atoms with Gasteiger partial charge in [-0.1, -0.05) is 6.58 Å². The van der Waals surface area contributed by atoms with Gasteiger partial charge in [0.05, 0.1) is 9.75 Å². The van der Waals surface area contributed by atoms with Gasteiger partial charge >= 0.3 is 0 Å². The summed E-state index contributed by atoms with van der Waals surface area (Å²) < 4.78 is 51.9. The van der Waals surface area contributed by atoms with Crippen LogP contribution in [-0.4, -0.2) is 0 Å². The van der Waals surface area contributed by atoms with Gasteiger partial charge in [0.15, 0.2) is 23.3 Å². The van der Waals surface area contributed by atoms with Gasteiger partial charge in [0, 0.05) is 16.3 Å². The molecule has 16 heavy (non-hydrogen) atoms. The van der Waals surface area contributed by atoms with E-state index < -0.39 is 23.3 Å². The molecule has 0 radical (unpaired) electrons. The maximum atomic E-state index is 13.2. The summed E-state index contributed by atoms with van der Waals surface area (Å²) in [7, 11) is 0. The molecule has 2 aromatic rings. The maximum absolute atomic E-state index is 13.2. The largest absolute Gasteiger partial charge is 0.203 e. The minimum atomic E-state index is -1.08. The maximum Gasteiger partial charge on any atom is 0.177 e. The Labute approximate surface area is 96.5 Å². The van der Waals surface area contributed by atoms with E-state index in [0.717, 1.165) is 33.4 Å². The summed E-state index contributed by atoms with van der Waals surface area (Å²) in [6.45, 7) is 3.45. The van der Waals surface area contributed by atoms with Crippen molar-refractivity contribution in [3.63, 3.8) is 0 Å². The standard InChI is InChI=1S/C10H4F4S2/c1-4(9-7(13)5(11)2-15-9)10-8(14)6(12)3-16-10/h2-3H,1H2. The molecule has 0 atom stereocenters. The number of thiophene rings is 2. The van der Waals surface area contributed by atoms with Gasteiger partial charge in [-0.25, -0.2) is 17.6 Å². The van der Waals surface area contributed by atoms with Crippen molar-refractivity contribution < 1.29 is 17.6 Å². The zero-order valence-electron chi connectivity index (χ0n) is 7.69. The van der Waals surface area contributed by atoms with Crippen molar-refractivity contribution in [2.75, 3.05) is 0 Å². The minimum absolute atomic E-state index is 0.0437. The Bertz CT molecular complexity index is 505. The van der Waals surface area contributed by atoms with E-state index in [-0.39, 0.29) is 15.3 Å². The Balaban J connectivity index is 2.47. The monoisotopic (exact) mass is 264 g/mol. The van der Waals surface area contributed by atoms with Crippen LogP contribution in [0.3, 0.4) is 0 Å². The first-order valence-electron chi connectivity index (χ1n) is 4.07. The van der Waals surface area contributed by atoms with Gasteiger partial charge < -0.3 is 0 Å². The first kappa shape index (κ1) is 11.3. The van der Waals surface area contributed by atoms with Crippen LogP contribution in [0.15, 0.2) is 17.3 Å². The third kappa shape index (κ3) is 1.68. The summed E-state index contributed by atoms with van der Waals surface area (Å²) in [6.07, 6.45) is 0. The molecule has 0 bridgehead atoms. The molecule has 0 saturated heterocycles. The summed E-state index contributed by atoms with van der Waals surface area (Å²) in [5.41, 5.74) is -0.0437. The lowest BCUT2D eigenvalue weighted by atomic mass is 10.2. The second kappa shape index (κ2) is 4.03. The van der Waals surface area contributed by atoms with E-state index >= 15 is 0 Å². The fourth-order valence-corrected chi connectivity index (χ4v) is 2.76. The lowest BCUT2D eigenvalue weighted by Crippen LogP contribution is -1.88. The van der Waals surface area contributed by atoms with E-state index in [1.807, 2.05) is 0 Å². The zero-order valence-corrected chi connectivity index (χ0v) is 9.32. The van der Waals surface area contributed by atoms with Crippen molar-refractivity contribution in [2.45, 2.75) is 0 Å². The van der Waals surface area contributed by atoms with Crippen LogP contribution in [0.2, 0.25) is 0 Å². The van der Waals surface area contributed by atoms with Crippen molar-refractivity contribution >= 4 is 28.2 Å². The number of rotatable bonds is 2. The second-order valence-corrected chi connectivity index (χ2v) is 4.69. The van der Waals surface area contributed by atoms with Gasteiger partial charge in [-0.3, -0.25) is 0 Å². The van der Waals surface area contributed by atoms with Crippen molar-refractivity contribution in [1.82, 2.24) is 0 Å². The Morgan fingerprint density at radius 1 is 0.875 bits per heavy atom. The first-order chi connectivity index (χ1) is 7.52. The van der Waals surface area contributed by atoms with Crippen LogP contribution in [0.5, 0.6) is 0 Å². The highest BCUT2D eigenvalue weighted by molar-refractivity contribution is 7.13. The Morgan fingerprint density at radius 3 is 1.50 bits per heavy atom. The predicted molar refractivity (Wildman–Crippen MR) is 56.6 cm³/mol. The van der Waals surface area contributed by atoms with Crippen LogP contribution in [0, 0.1) is 23.3 Å². The molecule has 0 amide bonds. The molecule has 2 heterocycles. The summed E-state index contributed by atoms with van der Waals surface area (Å²) in [6, 6.07) is 0. The molecular weight excluding hydrogens is 260 g/mol. The van der Waals surface area contributed by atoms with E-state index in [9.17, 15) is 17.6 Å². The van der Waals surface area contributed by atoms with E-state index in [1.165, 1.54) is 0 Å². The van der Waals surface area contributed by atoms with Crippen molar-refractivity contribution in [1.29, 1.82) is 0 Å². The lowest BCUT2D eigenvalue weighted by Gasteiger charge is -1.99. The third-order valence-electron chi connectivity index (χ3n) is 1.93. The Hall–Kier alpha value is -1.14. The molecule has 0 aliphatic carbocycles. The molecule has 0 nitrogen and oxygen atoms in total. The third-order valence-corrected chi connectivity index (χ3v) is 3.90. The van der Waals surface area contributed by atoms with Crippen LogP contribution in [0.4, 0.5) is 17.6 Å².